The molecule has 2 saturated carbocycles. The van der Waals surface area contributed by atoms with Gasteiger partial charge >= 0.3 is 0 Å². The topological polar surface area (TPSA) is 26.3 Å². The standard InChI is InChI=1S/C13H22O2/c1-2-15-11-13-7-5-12(10-13,6-8-13)4-3-9-14/h9H,2-8,10-11H2,1H3. The van der Waals surface area contributed by atoms with Crippen molar-refractivity contribution in [1.82, 2.24) is 0 Å². The van der Waals surface area contributed by atoms with E-state index in [4.69, 9.17) is 4.74 Å². The Hall–Kier alpha value is -0.370. The largest absolute Gasteiger partial charge is 0.381 e. The van der Waals surface area contributed by atoms with E-state index in [9.17, 15) is 4.79 Å². The third kappa shape index (κ3) is 2.10. The van der Waals surface area contributed by atoms with E-state index in [1.807, 2.05) is 0 Å². The van der Waals surface area contributed by atoms with Gasteiger partial charge in [0.15, 0.2) is 0 Å². The summed E-state index contributed by atoms with van der Waals surface area (Å²) in [6.45, 7) is 3.86. The number of carbonyl (C=O) groups excluding carboxylic acids is 1. The third-order valence-corrected chi connectivity index (χ3v) is 4.53. The van der Waals surface area contributed by atoms with Gasteiger partial charge in [-0.1, -0.05) is 0 Å². The highest BCUT2D eigenvalue weighted by Gasteiger charge is 2.53. The van der Waals surface area contributed by atoms with Gasteiger partial charge in [-0.3, -0.25) is 0 Å². The van der Waals surface area contributed by atoms with Crippen LogP contribution in [0.15, 0.2) is 0 Å². The van der Waals surface area contributed by atoms with Crippen LogP contribution in [0.3, 0.4) is 0 Å². The third-order valence-electron chi connectivity index (χ3n) is 4.53. The van der Waals surface area contributed by atoms with E-state index in [-0.39, 0.29) is 0 Å². The van der Waals surface area contributed by atoms with Gasteiger partial charge in [0.05, 0.1) is 6.61 Å². The van der Waals surface area contributed by atoms with Gasteiger partial charge in [0.2, 0.25) is 0 Å². The van der Waals surface area contributed by atoms with E-state index < -0.39 is 0 Å². The monoisotopic (exact) mass is 210 g/mol. The van der Waals surface area contributed by atoms with Crippen LogP contribution < -0.4 is 0 Å². The molecule has 0 aliphatic heterocycles. The minimum atomic E-state index is 0.485. The second-order valence-electron chi connectivity index (χ2n) is 5.52. The minimum Gasteiger partial charge on any atom is -0.381 e. The summed E-state index contributed by atoms with van der Waals surface area (Å²) in [5.41, 5.74) is 0.997. The lowest BCUT2D eigenvalue weighted by atomic mass is 9.80. The predicted octanol–water partition coefficient (Wildman–Crippen LogP) is 2.95. The molecule has 2 nitrogen and oxygen atoms in total. The first kappa shape index (κ1) is 11.1. The molecule has 2 bridgehead atoms. The van der Waals surface area contributed by atoms with E-state index in [1.165, 1.54) is 32.1 Å². The van der Waals surface area contributed by atoms with Crippen LogP contribution in [0.2, 0.25) is 0 Å². The smallest absolute Gasteiger partial charge is 0.120 e. The number of carbonyl (C=O) groups is 1. The van der Waals surface area contributed by atoms with Gasteiger partial charge in [0, 0.05) is 13.0 Å². The molecule has 2 rings (SSSR count). The number of fused-ring (bicyclic) bond motifs is 2. The first-order chi connectivity index (χ1) is 7.24. The number of hydrogen-bond donors (Lipinski definition) is 0. The van der Waals surface area contributed by atoms with Crippen LogP contribution in [0.5, 0.6) is 0 Å². The van der Waals surface area contributed by atoms with E-state index in [1.54, 1.807) is 0 Å². The summed E-state index contributed by atoms with van der Waals surface area (Å²) in [5, 5.41) is 0. The van der Waals surface area contributed by atoms with Crippen LogP contribution >= 0.6 is 0 Å². The van der Waals surface area contributed by atoms with Gasteiger partial charge < -0.3 is 9.53 Å². The number of aldehydes is 1. The van der Waals surface area contributed by atoms with Gasteiger partial charge in [-0.2, -0.15) is 0 Å². The van der Waals surface area contributed by atoms with E-state index in [2.05, 4.69) is 6.92 Å². The fourth-order valence-corrected chi connectivity index (χ4v) is 3.68. The summed E-state index contributed by atoms with van der Waals surface area (Å²) in [4.78, 5) is 10.5. The molecule has 0 radical (unpaired) electrons. The first-order valence-electron chi connectivity index (χ1n) is 6.26. The highest BCUT2D eigenvalue weighted by atomic mass is 16.5. The van der Waals surface area contributed by atoms with E-state index in [0.717, 1.165) is 32.3 Å². The molecule has 2 aliphatic rings. The van der Waals surface area contributed by atoms with Gasteiger partial charge in [-0.25, -0.2) is 0 Å². The molecule has 0 amide bonds. The summed E-state index contributed by atoms with van der Waals surface area (Å²) < 4.78 is 5.62. The molecular formula is C13H22O2. The normalized spacial score (nSPS) is 38.5. The summed E-state index contributed by atoms with van der Waals surface area (Å²) in [6, 6.07) is 0. The van der Waals surface area contributed by atoms with Crippen molar-refractivity contribution in [2.75, 3.05) is 13.2 Å². The highest BCUT2D eigenvalue weighted by molar-refractivity contribution is 5.49. The number of ether oxygens (including phenoxy) is 1. The first-order valence-corrected chi connectivity index (χ1v) is 6.26. The van der Waals surface area contributed by atoms with Crippen molar-refractivity contribution in [3.63, 3.8) is 0 Å². The summed E-state index contributed by atoms with van der Waals surface area (Å²) in [6.07, 6.45) is 9.57. The predicted molar refractivity (Wildman–Crippen MR) is 59.7 cm³/mol. The zero-order chi connectivity index (χ0) is 10.8. The Morgan fingerprint density at radius 2 is 1.87 bits per heavy atom. The van der Waals surface area contributed by atoms with Gasteiger partial charge in [0.1, 0.15) is 6.29 Å². The van der Waals surface area contributed by atoms with Crippen molar-refractivity contribution in [2.24, 2.45) is 10.8 Å². The molecule has 15 heavy (non-hydrogen) atoms. The fraction of sp³-hybridized carbons (Fsp3) is 0.923. The average molecular weight is 210 g/mol. The van der Waals surface area contributed by atoms with Crippen molar-refractivity contribution in [1.29, 1.82) is 0 Å². The van der Waals surface area contributed by atoms with E-state index >= 15 is 0 Å². The average Bonchev–Trinajstić information content (AvgIpc) is 2.80. The van der Waals surface area contributed by atoms with E-state index in [0.29, 0.717) is 10.8 Å². The molecule has 0 spiro atoms. The molecule has 0 aromatic carbocycles. The molecule has 2 aliphatic carbocycles. The Bertz CT molecular complexity index is 227. The number of hydrogen-bond acceptors (Lipinski definition) is 2. The van der Waals surface area contributed by atoms with Crippen molar-refractivity contribution in [3.05, 3.63) is 0 Å². The Labute approximate surface area is 92.4 Å². The Morgan fingerprint density at radius 3 is 2.47 bits per heavy atom. The number of rotatable bonds is 6. The second-order valence-corrected chi connectivity index (χ2v) is 5.52. The van der Waals surface area contributed by atoms with Crippen LogP contribution in [0.4, 0.5) is 0 Å². The zero-order valence-corrected chi connectivity index (χ0v) is 9.76. The summed E-state index contributed by atoms with van der Waals surface area (Å²) in [5.74, 6) is 0. The molecule has 0 aromatic rings. The quantitative estimate of drug-likeness (QED) is 0.630. The van der Waals surface area contributed by atoms with Crippen LogP contribution in [0.1, 0.15) is 51.9 Å². The van der Waals surface area contributed by atoms with Crippen LogP contribution in [0, 0.1) is 10.8 Å². The molecule has 2 heteroatoms. The Balaban J connectivity index is 1.91. The molecular weight excluding hydrogens is 188 g/mol. The molecule has 0 aromatic heterocycles. The molecule has 86 valence electrons. The maximum atomic E-state index is 10.5. The lowest BCUT2D eigenvalue weighted by Crippen LogP contribution is -2.21. The summed E-state index contributed by atoms with van der Waals surface area (Å²) >= 11 is 0. The maximum Gasteiger partial charge on any atom is 0.120 e. The molecule has 0 saturated heterocycles. The van der Waals surface area contributed by atoms with Crippen LogP contribution in [0.25, 0.3) is 0 Å². The van der Waals surface area contributed by atoms with Gasteiger partial charge in [-0.15, -0.1) is 0 Å². The Kier molecular flexibility index (Phi) is 3.15. The van der Waals surface area contributed by atoms with Gasteiger partial charge in [-0.05, 0) is 56.3 Å². The molecule has 0 atom stereocenters. The maximum absolute atomic E-state index is 10.5. The minimum absolute atomic E-state index is 0.485. The fourth-order valence-electron chi connectivity index (χ4n) is 3.68. The van der Waals surface area contributed by atoms with Gasteiger partial charge in [0.25, 0.3) is 0 Å². The SMILES string of the molecule is CCOCC12CCC(CCC=O)(CC1)C2. The Morgan fingerprint density at radius 1 is 1.20 bits per heavy atom. The summed E-state index contributed by atoms with van der Waals surface area (Å²) in [7, 11) is 0. The van der Waals surface area contributed by atoms with Crippen molar-refractivity contribution >= 4 is 6.29 Å². The molecule has 0 heterocycles. The highest BCUT2D eigenvalue weighted by Crippen LogP contribution is 2.63. The van der Waals surface area contributed by atoms with Crippen LogP contribution in [-0.4, -0.2) is 19.5 Å². The van der Waals surface area contributed by atoms with Crippen molar-refractivity contribution in [3.8, 4) is 0 Å². The lowest BCUT2D eigenvalue weighted by molar-refractivity contribution is -0.108. The molecule has 0 N–H and O–H groups in total. The van der Waals surface area contributed by atoms with Crippen molar-refractivity contribution in [2.45, 2.75) is 51.9 Å². The molecule has 2 fully saturated rings. The molecule has 0 unspecified atom stereocenters. The zero-order valence-electron chi connectivity index (χ0n) is 9.76. The lowest BCUT2D eigenvalue weighted by Gasteiger charge is -2.27. The van der Waals surface area contributed by atoms with Crippen molar-refractivity contribution < 1.29 is 9.53 Å². The second kappa shape index (κ2) is 4.25. The van der Waals surface area contributed by atoms with Crippen LogP contribution in [-0.2, 0) is 9.53 Å².